The van der Waals surface area contributed by atoms with Crippen molar-refractivity contribution < 1.29 is 19.1 Å². The molecule has 4 rings (SSSR count). The van der Waals surface area contributed by atoms with E-state index in [-0.39, 0.29) is 17.4 Å². The van der Waals surface area contributed by atoms with Crippen molar-refractivity contribution in [2.24, 2.45) is 0 Å². The summed E-state index contributed by atoms with van der Waals surface area (Å²) in [7, 11) is 3.15. The van der Waals surface area contributed by atoms with Crippen LogP contribution < -0.4 is 14.8 Å². The standard InChI is InChI=1S/C30H28N4O4S/c1-4-18-34-29(23-13-17-26(37-2)27(19-23)38-3)32-33-30(34)39-20-28(36)31-24-14-11-22(12-15-24)25(35)16-10-21-8-6-5-7-9-21/h4-17,19H,1,18,20H2,2-3H3,(H,31,36)/b16-10+. The minimum atomic E-state index is -0.205. The van der Waals surface area contributed by atoms with E-state index in [0.29, 0.717) is 40.3 Å². The zero-order valence-electron chi connectivity index (χ0n) is 21.7. The number of amides is 1. The number of anilines is 1. The van der Waals surface area contributed by atoms with Crippen molar-refractivity contribution in [3.05, 3.63) is 103 Å². The van der Waals surface area contributed by atoms with Crippen molar-refractivity contribution >= 4 is 35.2 Å². The molecule has 9 heteroatoms. The largest absolute Gasteiger partial charge is 0.493 e. The molecule has 4 aromatic rings. The van der Waals surface area contributed by atoms with Crippen LogP contribution in [0.5, 0.6) is 11.5 Å². The third-order valence-corrected chi connectivity index (χ3v) is 6.65. The summed E-state index contributed by atoms with van der Waals surface area (Å²) < 4.78 is 12.6. The monoisotopic (exact) mass is 540 g/mol. The fourth-order valence-electron chi connectivity index (χ4n) is 3.76. The Morgan fingerprint density at radius 3 is 2.41 bits per heavy atom. The predicted octanol–water partition coefficient (Wildman–Crippen LogP) is 5.78. The molecule has 0 fully saturated rings. The van der Waals surface area contributed by atoms with Crippen LogP contribution in [-0.4, -0.2) is 46.4 Å². The van der Waals surface area contributed by atoms with Gasteiger partial charge < -0.3 is 14.8 Å². The van der Waals surface area contributed by atoms with Crippen molar-refractivity contribution in [1.82, 2.24) is 14.8 Å². The SMILES string of the molecule is C=CCn1c(SCC(=O)Nc2ccc(C(=O)/C=C/c3ccccc3)cc2)nnc1-c1ccc(OC)c(OC)c1. The molecule has 0 unspecified atom stereocenters. The fourth-order valence-corrected chi connectivity index (χ4v) is 4.50. The number of carbonyl (C=O) groups excluding carboxylic acids is 2. The summed E-state index contributed by atoms with van der Waals surface area (Å²) >= 11 is 1.27. The van der Waals surface area contributed by atoms with Gasteiger partial charge in [-0.3, -0.25) is 14.2 Å². The highest BCUT2D eigenvalue weighted by atomic mass is 32.2. The lowest BCUT2D eigenvalue weighted by molar-refractivity contribution is -0.113. The normalized spacial score (nSPS) is 10.8. The molecule has 0 saturated heterocycles. The molecule has 0 bridgehead atoms. The number of ketones is 1. The van der Waals surface area contributed by atoms with Gasteiger partial charge in [-0.2, -0.15) is 0 Å². The second-order valence-corrected chi connectivity index (χ2v) is 9.24. The first-order chi connectivity index (χ1) is 19.0. The summed E-state index contributed by atoms with van der Waals surface area (Å²) in [5.41, 5.74) is 2.89. The van der Waals surface area contributed by atoms with Crippen LogP contribution in [0, 0.1) is 0 Å². The number of methoxy groups -OCH3 is 2. The second kappa shape index (κ2) is 13.3. The van der Waals surface area contributed by atoms with E-state index in [4.69, 9.17) is 9.47 Å². The fraction of sp³-hybridized carbons (Fsp3) is 0.133. The van der Waals surface area contributed by atoms with Gasteiger partial charge in [-0.25, -0.2) is 0 Å². The average molecular weight is 541 g/mol. The van der Waals surface area contributed by atoms with Gasteiger partial charge in [0.1, 0.15) is 0 Å². The molecule has 1 aromatic heterocycles. The highest BCUT2D eigenvalue weighted by Gasteiger charge is 2.17. The summed E-state index contributed by atoms with van der Waals surface area (Å²) in [5.74, 6) is 1.63. The average Bonchev–Trinajstić information content (AvgIpc) is 3.37. The van der Waals surface area contributed by atoms with Gasteiger partial charge in [-0.1, -0.05) is 54.2 Å². The summed E-state index contributed by atoms with van der Waals surface area (Å²) in [4.78, 5) is 25.1. The molecule has 8 nitrogen and oxygen atoms in total. The first-order valence-corrected chi connectivity index (χ1v) is 13.1. The van der Waals surface area contributed by atoms with E-state index in [9.17, 15) is 9.59 Å². The Morgan fingerprint density at radius 2 is 1.72 bits per heavy atom. The van der Waals surface area contributed by atoms with Crippen LogP contribution in [0.25, 0.3) is 17.5 Å². The summed E-state index contributed by atoms with van der Waals surface area (Å²) in [6, 6.07) is 21.9. The summed E-state index contributed by atoms with van der Waals surface area (Å²) in [6.07, 6.45) is 5.06. The number of thioether (sulfide) groups is 1. The van der Waals surface area contributed by atoms with Gasteiger partial charge >= 0.3 is 0 Å². The number of aromatic nitrogens is 3. The number of nitrogens with zero attached hydrogens (tertiary/aromatic N) is 3. The highest BCUT2D eigenvalue weighted by molar-refractivity contribution is 7.99. The molecule has 0 aliphatic heterocycles. The quantitative estimate of drug-likeness (QED) is 0.105. The van der Waals surface area contributed by atoms with Gasteiger partial charge in [-0.15, -0.1) is 16.8 Å². The maximum Gasteiger partial charge on any atom is 0.234 e. The molecule has 0 atom stereocenters. The van der Waals surface area contributed by atoms with E-state index in [1.807, 2.05) is 47.0 Å². The molecule has 39 heavy (non-hydrogen) atoms. The van der Waals surface area contributed by atoms with Gasteiger partial charge in [0.05, 0.1) is 20.0 Å². The first-order valence-electron chi connectivity index (χ1n) is 12.1. The van der Waals surface area contributed by atoms with Crippen LogP contribution in [0.2, 0.25) is 0 Å². The maximum atomic E-state index is 12.6. The molecule has 0 saturated carbocycles. The Bertz CT molecular complexity index is 1480. The lowest BCUT2D eigenvalue weighted by Gasteiger charge is -2.11. The number of benzene rings is 3. The molecule has 198 valence electrons. The number of rotatable bonds is 12. The molecule has 1 N–H and O–H groups in total. The molecule has 0 spiro atoms. The zero-order valence-corrected chi connectivity index (χ0v) is 22.5. The third-order valence-electron chi connectivity index (χ3n) is 5.68. The highest BCUT2D eigenvalue weighted by Crippen LogP contribution is 2.33. The Hall–Kier alpha value is -4.63. The lowest BCUT2D eigenvalue weighted by atomic mass is 10.1. The van der Waals surface area contributed by atoms with E-state index in [1.165, 1.54) is 17.8 Å². The topological polar surface area (TPSA) is 95.3 Å². The van der Waals surface area contributed by atoms with Crippen LogP contribution in [0.1, 0.15) is 15.9 Å². The number of nitrogens with one attached hydrogen (secondary N) is 1. The third kappa shape index (κ3) is 7.03. The minimum Gasteiger partial charge on any atom is -0.493 e. The molecule has 1 heterocycles. The molecule has 3 aromatic carbocycles. The van der Waals surface area contributed by atoms with Crippen molar-refractivity contribution in [3.8, 4) is 22.9 Å². The van der Waals surface area contributed by atoms with Crippen molar-refractivity contribution in [3.63, 3.8) is 0 Å². The van der Waals surface area contributed by atoms with E-state index >= 15 is 0 Å². The Labute approximate surface area is 231 Å². The number of hydrogen-bond donors (Lipinski definition) is 1. The van der Waals surface area contributed by atoms with Crippen molar-refractivity contribution in [2.45, 2.75) is 11.7 Å². The van der Waals surface area contributed by atoms with Crippen LogP contribution in [0.4, 0.5) is 5.69 Å². The van der Waals surface area contributed by atoms with E-state index < -0.39 is 0 Å². The second-order valence-electron chi connectivity index (χ2n) is 8.30. The Morgan fingerprint density at radius 1 is 0.974 bits per heavy atom. The molecule has 0 aliphatic carbocycles. The van der Waals surface area contributed by atoms with Crippen molar-refractivity contribution in [1.29, 1.82) is 0 Å². The van der Waals surface area contributed by atoms with E-state index in [1.54, 1.807) is 56.7 Å². The van der Waals surface area contributed by atoms with Crippen LogP contribution >= 0.6 is 11.8 Å². The van der Waals surface area contributed by atoms with Gasteiger partial charge in [0.2, 0.25) is 5.91 Å². The molecule has 0 aliphatic rings. The minimum absolute atomic E-state index is 0.112. The first kappa shape index (κ1) is 27.4. The van der Waals surface area contributed by atoms with Crippen molar-refractivity contribution in [2.75, 3.05) is 25.3 Å². The van der Waals surface area contributed by atoms with Crippen LogP contribution in [0.15, 0.2) is 96.7 Å². The number of allylic oxidation sites excluding steroid dienone is 2. The number of ether oxygens (including phenoxy) is 2. The Balaban J connectivity index is 1.38. The summed E-state index contributed by atoms with van der Waals surface area (Å²) in [5, 5.41) is 12.1. The van der Waals surface area contributed by atoms with Gasteiger partial charge in [0, 0.05) is 23.4 Å². The Kier molecular flexibility index (Phi) is 9.31. The summed E-state index contributed by atoms with van der Waals surface area (Å²) in [6.45, 7) is 4.30. The van der Waals surface area contributed by atoms with E-state index in [0.717, 1.165) is 11.1 Å². The molecule has 1 amide bonds. The maximum absolute atomic E-state index is 12.6. The molecule has 0 radical (unpaired) electrons. The number of carbonyl (C=O) groups is 2. The predicted molar refractivity (Wildman–Crippen MR) is 154 cm³/mol. The zero-order chi connectivity index (χ0) is 27.6. The molecular formula is C30H28N4O4S. The van der Waals surface area contributed by atoms with Crippen LogP contribution in [-0.2, 0) is 11.3 Å². The smallest absolute Gasteiger partial charge is 0.234 e. The van der Waals surface area contributed by atoms with Gasteiger partial charge in [0.15, 0.2) is 28.3 Å². The van der Waals surface area contributed by atoms with Crippen LogP contribution in [0.3, 0.4) is 0 Å². The van der Waals surface area contributed by atoms with Gasteiger partial charge in [-0.05, 0) is 54.1 Å². The lowest BCUT2D eigenvalue weighted by Crippen LogP contribution is -2.14. The molecular weight excluding hydrogens is 512 g/mol. The van der Waals surface area contributed by atoms with Gasteiger partial charge in [0.25, 0.3) is 0 Å². The van der Waals surface area contributed by atoms with E-state index in [2.05, 4.69) is 22.1 Å². The number of hydrogen-bond acceptors (Lipinski definition) is 7.